The minimum Gasteiger partial charge on any atom is -0.467 e. The zero-order valence-corrected chi connectivity index (χ0v) is 16.7. The van der Waals surface area contributed by atoms with Gasteiger partial charge in [-0.2, -0.15) is 0 Å². The third-order valence-corrected chi connectivity index (χ3v) is 6.16. The first-order chi connectivity index (χ1) is 12.9. The van der Waals surface area contributed by atoms with Crippen molar-refractivity contribution in [2.24, 2.45) is 5.92 Å². The number of amides is 1. The summed E-state index contributed by atoms with van der Waals surface area (Å²) in [5, 5.41) is 3.41. The summed E-state index contributed by atoms with van der Waals surface area (Å²) < 4.78 is 6.22. The molecule has 1 aliphatic carbocycles. The molecule has 0 saturated carbocycles. The predicted molar refractivity (Wildman–Crippen MR) is 104 cm³/mol. The first-order valence-electron chi connectivity index (χ1n) is 9.29. The number of nitrogens with one attached hydrogen (secondary N) is 1. The van der Waals surface area contributed by atoms with Crippen molar-refractivity contribution in [3.8, 4) is 0 Å². The number of esters is 1. The lowest BCUT2D eigenvalue weighted by Gasteiger charge is -2.19. The van der Waals surface area contributed by atoms with Crippen LogP contribution in [0.1, 0.15) is 43.6 Å². The summed E-state index contributed by atoms with van der Waals surface area (Å²) >= 11 is 1.61. The first-order valence-corrected chi connectivity index (χ1v) is 10.1. The van der Waals surface area contributed by atoms with Crippen LogP contribution in [0.5, 0.6) is 0 Å². The minimum absolute atomic E-state index is 0.0828. The van der Waals surface area contributed by atoms with Gasteiger partial charge < -0.3 is 10.1 Å². The van der Waals surface area contributed by atoms with Gasteiger partial charge in [0.05, 0.1) is 18.8 Å². The van der Waals surface area contributed by atoms with Crippen molar-refractivity contribution >= 4 is 33.4 Å². The average Bonchev–Trinajstić information content (AvgIpc) is 3.04. The summed E-state index contributed by atoms with van der Waals surface area (Å²) in [6, 6.07) is -0.691. The summed E-state index contributed by atoms with van der Waals surface area (Å²) in [4.78, 5) is 43.4. The molecule has 1 amide bonds. The van der Waals surface area contributed by atoms with Crippen molar-refractivity contribution < 1.29 is 14.3 Å². The smallest absolute Gasteiger partial charge is 0.328 e. The van der Waals surface area contributed by atoms with E-state index in [-0.39, 0.29) is 30.3 Å². The third-order valence-electron chi connectivity index (χ3n) is 4.96. The molecule has 1 N–H and O–H groups in total. The highest BCUT2D eigenvalue weighted by molar-refractivity contribution is 7.18. The highest BCUT2D eigenvalue weighted by atomic mass is 32.1. The van der Waals surface area contributed by atoms with Crippen LogP contribution in [0.3, 0.4) is 0 Å². The number of aryl methyl sites for hydroxylation is 3. The molecule has 27 heavy (non-hydrogen) atoms. The number of thiophene rings is 1. The summed E-state index contributed by atoms with van der Waals surface area (Å²) in [7, 11) is 1.30. The summed E-state index contributed by atoms with van der Waals surface area (Å²) in [6.45, 7) is 3.90. The van der Waals surface area contributed by atoms with E-state index in [0.717, 1.165) is 36.1 Å². The molecule has 0 unspecified atom stereocenters. The second-order valence-corrected chi connectivity index (χ2v) is 8.28. The predicted octanol–water partition coefficient (Wildman–Crippen LogP) is 2.04. The molecule has 146 valence electrons. The normalized spacial score (nSPS) is 14.8. The van der Waals surface area contributed by atoms with Crippen LogP contribution >= 0.6 is 11.3 Å². The second kappa shape index (κ2) is 8.21. The van der Waals surface area contributed by atoms with Crippen molar-refractivity contribution in [2.45, 2.75) is 58.5 Å². The highest BCUT2D eigenvalue weighted by Crippen LogP contribution is 2.33. The lowest BCUT2D eigenvalue weighted by molar-refractivity contribution is -0.146. The topological polar surface area (TPSA) is 90.3 Å². The van der Waals surface area contributed by atoms with Crippen LogP contribution < -0.4 is 10.9 Å². The molecule has 7 nitrogen and oxygen atoms in total. The van der Waals surface area contributed by atoms with E-state index in [1.807, 2.05) is 13.8 Å². The van der Waals surface area contributed by atoms with Gasteiger partial charge in [-0.25, -0.2) is 9.78 Å². The number of ether oxygens (including phenoxy) is 1. The molecular formula is C19H25N3O4S. The first kappa shape index (κ1) is 19.5. The number of hydrogen-bond donors (Lipinski definition) is 1. The Bertz CT molecular complexity index is 916. The average molecular weight is 391 g/mol. The van der Waals surface area contributed by atoms with E-state index in [2.05, 4.69) is 10.3 Å². The van der Waals surface area contributed by atoms with Crippen molar-refractivity contribution in [1.82, 2.24) is 14.9 Å². The molecule has 0 saturated heterocycles. The number of nitrogens with zero attached hydrogens (tertiary/aromatic N) is 2. The van der Waals surface area contributed by atoms with E-state index in [9.17, 15) is 14.4 Å². The molecule has 1 aliphatic rings. The largest absolute Gasteiger partial charge is 0.467 e. The molecule has 2 heterocycles. The van der Waals surface area contributed by atoms with Gasteiger partial charge in [-0.15, -0.1) is 11.3 Å². The minimum atomic E-state index is -0.691. The van der Waals surface area contributed by atoms with Gasteiger partial charge in [-0.1, -0.05) is 13.8 Å². The fraction of sp³-hybridized carbons (Fsp3) is 0.579. The van der Waals surface area contributed by atoms with Gasteiger partial charge in [0.2, 0.25) is 5.91 Å². The van der Waals surface area contributed by atoms with Crippen LogP contribution in [-0.4, -0.2) is 34.6 Å². The van der Waals surface area contributed by atoms with Crippen LogP contribution in [0.15, 0.2) is 11.1 Å². The lowest BCUT2D eigenvalue weighted by Crippen LogP contribution is -2.45. The molecule has 2 aromatic rings. The van der Waals surface area contributed by atoms with E-state index >= 15 is 0 Å². The number of fused-ring (bicyclic) bond motifs is 3. The highest BCUT2D eigenvalue weighted by Gasteiger charge is 2.25. The van der Waals surface area contributed by atoms with Gasteiger partial charge in [0.25, 0.3) is 5.56 Å². The van der Waals surface area contributed by atoms with E-state index in [1.165, 1.54) is 22.9 Å². The van der Waals surface area contributed by atoms with E-state index < -0.39 is 12.0 Å². The molecular weight excluding hydrogens is 366 g/mol. The van der Waals surface area contributed by atoms with E-state index in [4.69, 9.17) is 4.74 Å². The van der Waals surface area contributed by atoms with Crippen LogP contribution in [-0.2, 0) is 33.7 Å². The maximum absolute atomic E-state index is 12.9. The maximum atomic E-state index is 12.9. The van der Waals surface area contributed by atoms with Gasteiger partial charge in [0.15, 0.2) is 0 Å². The Morgan fingerprint density at radius 1 is 1.33 bits per heavy atom. The van der Waals surface area contributed by atoms with Gasteiger partial charge in [0, 0.05) is 17.8 Å². The molecule has 0 aliphatic heterocycles. The quantitative estimate of drug-likeness (QED) is 0.761. The fourth-order valence-electron chi connectivity index (χ4n) is 3.43. The number of hydrogen-bond acceptors (Lipinski definition) is 6. The van der Waals surface area contributed by atoms with Gasteiger partial charge in [-0.3, -0.25) is 14.2 Å². The molecule has 0 radical (unpaired) electrons. The van der Waals surface area contributed by atoms with Crippen molar-refractivity contribution in [3.63, 3.8) is 0 Å². The Morgan fingerprint density at radius 3 is 2.78 bits per heavy atom. The third kappa shape index (κ3) is 4.05. The van der Waals surface area contributed by atoms with E-state index in [1.54, 1.807) is 11.3 Å². The number of rotatable bonds is 6. The van der Waals surface area contributed by atoms with Crippen molar-refractivity contribution in [1.29, 1.82) is 0 Å². The Balaban J connectivity index is 1.73. The van der Waals surface area contributed by atoms with Gasteiger partial charge >= 0.3 is 5.97 Å². The molecule has 2 aromatic heterocycles. The van der Waals surface area contributed by atoms with Crippen molar-refractivity contribution in [2.75, 3.05) is 7.11 Å². The summed E-state index contributed by atoms with van der Waals surface area (Å²) in [5.74, 6) is -0.846. The number of carbonyl (C=O) groups excluding carboxylic acids is 2. The molecule has 0 bridgehead atoms. The molecule has 0 aromatic carbocycles. The van der Waals surface area contributed by atoms with Crippen LogP contribution in [0.25, 0.3) is 10.2 Å². The molecule has 0 fully saturated rings. The Hall–Kier alpha value is -2.22. The Kier molecular flexibility index (Phi) is 5.94. The fourth-order valence-corrected chi connectivity index (χ4v) is 4.65. The monoisotopic (exact) mass is 391 g/mol. The summed E-state index contributed by atoms with van der Waals surface area (Å²) in [6.07, 6.45) is 5.80. The van der Waals surface area contributed by atoms with Crippen molar-refractivity contribution in [3.05, 3.63) is 27.1 Å². The standard InChI is InChI=1S/C19H25N3O4S/c1-11(2)16(19(25)26-3)21-14(23)8-9-22-10-20-17-15(18(22)24)12-6-4-5-7-13(12)27-17/h10-11,16H,4-9H2,1-3H3,(H,21,23)/t16-/m0/s1. The molecule has 0 spiro atoms. The van der Waals surface area contributed by atoms with Crippen LogP contribution in [0.2, 0.25) is 0 Å². The van der Waals surface area contributed by atoms with Crippen LogP contribution in [0.4, 0.5) is 0 Å². The Labute approximate surface area is 161 Å². The SMILES string of the molecule is COC(=O)[C@@H](NC(=O)CCn1cnc2sc3c(c2c1=O)CCCC3)C(C)C. The van der Waals surface area contributed by atoms with Gasteiger partial charge in [-0.05, 0) is 37.2 Å². The van der Waals surface area contributed by atoms with Crippen LogP contribution in [0, 0.1) is 5.92 Å². The molecule has 8 heteroatoms. The summed E-state index contributed by atoms with van der Waals surface area (Å²) in [5.41, 5.74) is 1.06. The maximum Gasteiger partial charge on any atom is 0.328 e. The number of methoxy groups -OCH3 is 1. The zero-order chi connectivity index (χ0) is 19.6. The zero-order valence-electron chi connectivity index (χ0n) is 15.9. The molecule has 1 atom stereocenters. The van der Waals surface area contributed by atoms with Gasteiger partial charge in [0.1, 0.15) is 10.9 Å². The lowest BCUT2D eigenvalue weighted by atomic mass is 9.97. The number of carbonyl (C=O) groups is 2. The molecule has 3 rings (SSSR count). The van der Waals surface area contributed by atoms with E-state index in [0.29, 0.717) is 5.39 Å². The second-order valence-electron chi connectivity index (χ2n) is 7.20. The number of aromatic nitrogens is 2. The Morgan fingerprint density at radius 2 is 2.07 bits per heavy atom.